The third-order valence-corrected chi connectivity index (χ3v) is 2.48. The summed E-state index contributed by atoms with van der Waals surface area (Å²) in [4.78, 5) is 25.3. The zero-order chi connectivity index (χ0) is 19.4. The van der Waals surface area contributed by atoms with Gasteiger partial charge in [-0.2, -0.15) is 26.3 Å². The van der Waals surface area contributed by atoms with Gasteiger partial charge in [-0.3, -0.25) is 0 Å². The average molecular weight is 370 g/mol. The van der Waals surface area contributed by atoms with Crippen molar-refractivity contribution in [1.29, 1.82) is 0 Å². The molecule has 0 saturated carbocycles. The maximum Gasteiger partial charge on any atom is 0.416 e. The molecule has 12 heteroatoms. The van der Waals surface area contributed by atoms with Crippen LogP contribution in [0.2, 0.25) is 0 Å². The number of oxime groups is 1. The summed E-state index contributed by atoms with van der Waals surface area (Å²) in [5.41, 5.74) is 1.16. The van der Waals surface area contributed by atoms with Gasteiger partial charge >= 0.3 is 24.3 Å². The van der Waals surface area contributed by atoms with E-state index in [0.717, 1.165) is 0 Å². The number of carboxylic acids is 1. The third kappa shape index (κ3) is 6.16. The molecular weight excluding hydrogens is 362 g/mol. The van der Waals surface area contributed by atoms with Crippen molar-refractivity contribution in [2.45, 2.75) is 12.4 Å². The summed E-state index contributed by atoms with van der Waals surface area (Å²) in [5.74, 6) is -3.80. The number of hydrogen-bond acceptors (Lipinski definition) is 4. The molecule has 0 aromatic heterocycles. The fourth-order valence-corrected chi connectivity index (χ4v) is 1.42. The fourth-order valence-electron chi connectivity index (χ4n) is 1.42. The predicted molar refractivity (Wildman–Crippen MR) is 70.0 cm³/mol. The second-order valence-electron chi connectivity index (χ2n) is 4.35. The lowest BCUT2D eigenvalue weighted by Gasteiger charge is -2.13. The van der Waals surface area contributed by atoms with Crippen molar-refractivity contribution < 1.29 is 45.9 Å². The molecule has 25 heavy (non-hydrogen) atoms. The van der Waals surface area contributed by atoms with E-state index in [1.54, 1.807) is 0 Å². The van der Waals surface area contributed by atoms with Crippen LogP contribution in [0.15, 0.2) is 35.5 Å². The number of carboxylic acid groups (broad SMARTS) is 1. The molecule has 0 radical (unpaired) electrons. The number of nitrogens with zero attached hydrogens (tertiary/aromatic N) is 1. The number of amidine groups is 1. The first kappa shape index (κ1) is 20.0. The van der Waals surface area contributed by atoms with E-state index in [0.29, 0.717) is 12.2 Å². The normalized spacial score (nSPS) is 13.1. The van der Waals surface area contributed by atoms with Gasteiger partial charge in [-0.1, -0.05) is 5.16 Å². The number of hydrogen-bond donors (Lipinski definition) is 2. The van der Waals surface area contributed by atoms with E-state index in [4.69, 9.17) is 10.8 Å². The van der Waals surface area contributed by atoms with E-state index in [1.807, 2.05) is 0 Å². The first-order valence-electron chi connectivity index (χ1n) is 6.06. The monoisotopic (exact) mass is 370 g/mol. The summed E-state index contributed by atoms with van der Waals surface area (Å²) in [6.45, 7) is 0. The van der Waals surface area contributed by atoms with Crippen molar-refractivity contribution in [2.24, 2.45) is 10.9 Å². The van der Waals surface area contributed by atoms with Gasteiger partial charge in [-0.25, -0.2) is 9.59 Å². The van der Waals surface area contributed by atoms with Crippen molar-refractivity contribution in [1.82, 2.24) is 0 Å². The second-order valence-corrected chi connectivity index (χ2v) is 4.35. The topological polar surface area (TPSA) is 102 Å². The van der Waals surface area contributed by atoms with Gasteiger partial charge in [0.1, 0.15) is 0 Å². The third-order valence-electron chi connectivity index (χ3n) is 2.48. The average Bonchev–Trinajstić information content (AvgIpc) is 2.48. The summed E-state index contributed by atoms with van der Waals surface area (Å²) in [5, 5.41) is 11.1. The maximum atomic E-state index is 12.7. The van der Waals surface area contributed by atoms with Crippen molar-refractivity contribution in [3.63, 3.8) is 0 Å². The molecule has 1 rings (SSSR count). The number of rotatable bonds is 4. The molecule has 0 spiro atoms. The highest BCUT2D eigenvalue weighted by Gasteiger charge is 2.37. The van der Waals surface area contributed by atoms with Gasteiger partial charge in [-0.15, -0.1) is 0 Å². The molecule has 1 aromatic rings. The molecule has 0 amide bonds. The minimum absolute atomic E-state index is 0.113. The van der Waals surface area contributed by atoms with Crippen molar-refractivity contribution >= 4 is 17.8 Å². The van der Waals surface area contributed by atoms with Crippen LogP contribution in [-0.2, 0) is 26.8 Å². The van der Waals surface area contributed by atoms with Gasteiger partial charge < -0.3 is 15.7 Å². The van der Waals surface area contributed by atoms with Crippen molar-refractivity contribution in [2.75, 3.05) is 0 Å². The van der Waals surface area contributed by atoms with E-state index in [2.05, 4.69) is 9.99 Å². The number of halogens is 6. The van der Waals surface area contributed by atoms with Crippen molar-refractivity contribution in [3.05, 3.63) is 47.0 Å². The van der Waals surface area contributed by atoms with Gasteiger partial charge in [0.2, 0.25) is 0 Å². The van der Waals surface area contributed by atoms with E-state index in [9.17, 15) is 35.9 Å². The molecule has 136 valence electrons. The molecular formula is C13H8F6N2O4. The van der Waals surface area contributed by atoms with Crippen molar-refractivity contribution in [3.8, 4) is 0 Å². The van der Waals surface area contributed by atoms with Crippen LogP contribution in [0.25, 0.3) is 0 Å². The minimum atomic E-state index is -5.09. The smallest absolute Gasteiger partial charge is 0.416 e. The molecule has 0 fully saturated rings. The fraction of sp³-hybridized carbons (Fsp3) is 0.154. The van der Waals surface area contributed by atoms with E-state index < -0.39 is 46.8 Å². The zero-order valence-electron chi connectivity index (χ0n) is 11.9. The van der Waals surface area contributed by atoms with Crippen LogP contribution in [0.4, 0.5) is 26.3 Å². The molecule has 0 heterocycles. The summed E-state index contributed by atoms with van der Waals surface area (Å²) in [6, 6.07) is 0.461. The number of alkyl halides is 6. The minimum Gasteiger partial charge on any atom is -0.478 e. The summed E-state index contributed by atoms with van der Waals surface area (Å²) in [7, 11) is 0. The van der Waals surface area contributed by atoms with Crippen LogP contribution in [-0.4, -0.2) is 22.9 Å². The lowest BCUT2D eigenvalue weighted by atomic mass is 10.0. The summed E-state index contributed by atoms with van der Waals surface area (Å²) >= 11 is 0. The van der Waals surface area contributed by atoms with Crippen LogP contribution in [0, 0.1) is 0 Å². The highest BCUT2D eigenvalue weighted by Crippen LogP contribution is 2.36. The predicted octanol–water partition coefficient (Wildman–Crippen LogP) is 2.53. The largest absolute Gasteiger partial charge is 0.478 e. The highest BCUT2D eigenvalue weighted by molar-refractivity contribution is 5.98. The van der Waals surface area contributed by atoms with E-state index >= 15 is 0 Å². The first-order valence-corrected chi connectivity index (χ1v) is 6.06. The first-order chi connectivity index (χ1) is 11.3. The van der Waals surface area contributed by atoms with Gasteiger partial charge in [-0.05, 0) is 18.2 Å². The van der Waals surface area contributed by atoms with Gasteiger partial charge in [0, 0.05) is 17.7 Å². The molecule has 0 unspecified atom stereocenters. The Bertz CT molecular complexity index is 705. The standard InChI is InChI=1S/C13H8F6N2O4/c14-12(15,16)7-3-6(4-8(5-7)13(17,18)19)11(20)21-25-10(24)2-1-9(22)23/h1-5H,(H2,20,21)(H,22,23). The Morgan fingerprint density at radius 1 is 1.00 bits per heavy atom. The Morgan fingerprint density at radius 3 is 1.88 bits per heavy atom. The molecule has 0 atom stereocenters. The number of nitrogens with two attached hydrogens (primary N) is 1. The lowest BCUT2D eigenvalue weighted by Crippen LogP contribution is -2.19. The van der Waals surface area contributed by atoms with Crippen LogP contribution < -0.4 is 5.73 Å². The maximum absolute atomic E-state index is 12.7. The molecule has 0 saturated heterocycles. The molecule has 0 bridgehead atoms. The van der Waals surface area contributed by atoms with Crippen LogP contribution in [0.1, 0.15) is 16.7 Å². The molecule has 3 N–H and O–H groups in total. The Balaban J connectivity index is 3.20. The number of aliphatic carboxylic acids is 1. The van der Waals surface area contributed by atoms with Crippen LogP contribution >= 0.6 is 0 Å². The Hall–Kier alpha value is -3.05. The second kappa shape index (κ2) is 7.23. The number of carbonyl (C=O) groups excluding carboxylic acids is 1. The highest BCUT2D eigenvalue weighted by atomic mass is 19.4. The van der Waals surface area contributed by atoms with Gasteiger partial charge in [0.15, 0.2) is 5.84 Å². The molecule has 6 nitrogen and oxygen atoms in total. The zero-order valence-corrected chi connectivity index (χ0v) is 11.9. The Morgan fingerprint density at radius 2 is 1.48 bits per heavy atom. The van der Waals surface area contributed by atoms with E-state index in [-0.39, 0.29) is 18.2 Å². The van der Waals surface area contributed by atoms with Crippen LogP contribution in [0.3, 0.4) is 0 Å². The SMILES string of the molecule is NC(=NOC(=O)C=CC(=O)O)c1cc(C(F)(F)F)cc(C(F)(F)F)c1. The Kier molecular flexibility index (Phi) is 5.79. The summed E-state index contributed by atoms with van der Waals surface area (Å²) < 4.78 is 76.1. The molecule has 0 aliphatic heterocycles. The quantitative estimate of drug-likeness (QED) is 0.212. The Labute approximate surface area is 135 Å². The van der Waals surface area contributed by atoms with Crippen LogP contribution in [0.5, 0.6) is 0 Å². The molecule has 0 aliphatic rings. The summed E-state index contributed by atoms with van der Waals surface area (Å²) in [6.07, 6.45) is -9.39. The lowest BCUT2D eigenvalue weighted by molar-refractivity contribution is -0.143. The number of carbonyl (C=O) groups is 2. The molecule has 1 aromatic carbocycles. The van der Waals surface area contributed by atoms with Gasteiger partial charge in [0.25, 0.3) is 0 Å². The van der Waals surface area contributed by atoms with E-state index in [1.165, 1.54) is 0 Å². The number of benzene rings is 1. The van der Waals surface area contributed by atoms with Gasteiger partial charge in [0.05, 0.1) is 11.1 Å². The molecule has 0 aliphatic carbocycles.